The zero-order valence-corrected chi connectivity index (χ0v) is 40.5. The lowest BCUT2D eigenvalue weighted by atomic mass is 9.33. The quantitative estimate of drug-likeness (QED) is 0.162. The molecule has 0 N–H and O–H groups in total. The van der Waals surface area contributed by atoms with Crippen molar-refractivity contribution < 1.29 is 0 Å². The Morgan fingerprint density at radius 2 is 0.831 bits per heavy atom. The zero-order valence-electron chi connectivity index (χ0n) is 37.2. The summed E-state index contributed by atoms with van der Waals surface area (Å²) in [4.78, 5) is 7.79. The molecule has 0 aliphatic carbocycles. The van der Waals surface area contributed by atoms with Crippen molar-refractivity contribution in [2.45, 2.75) is 52.4 Å². The molecule has 2 aliphatic heterocycles. The van der Waals surface area contributed by atoms with Crippen LogP contribution in [0.1, 0.15) is 52.7 Å². The van der Waals surface area contributed by atoms with Crippen LogP contribution in [0, 0.1) is 0 Å². The van der Waals surface area contributed by atoms with E-state index in [0.717, 1.165) is 0 Å². The highest BCUT2D eigenvalue weighted by atomic mass is 32.1. The Bertz CT molecular complexity index is 3430. The second-order valence-electron chi connectivity index (χ2n) is 19.8. The number of rotatable bonds is 4. The van der Waals surface area contributed by atoms with Gasteiger partial charge in [-0.25, -0.2) is 0 Å². The highest BCUT2D eigenvalue weighted by molar-refractivity contribution is 7.29. The third-order valence-corrected chi connectivity index (χ3v) is 18.3. The maximum Gasteiger partial charge on any atom is 0.256 e. The summed E-state index contributed by atoms with van der Waals surface area (Å²) in [5, 5.41) is 7.94. The Balaban J connectivity index is 1.10. The number of nitrogens with zero attached hydrogens (tertiary/aromatic N) is 2. The van der Waals surface area contributed by atoms with Crippen molar-refractivity contribution in [3.63, 3.8) is 0 Å². The second-order valence-corrected chi connectivity index (χ2v) is 24.0. The number of hydrogen-bond donors (Lipinski definition) is 0. The molecule has 7 aromatic carbocycles. The molecule has 65 heavy (non-hydrogen) atoms. The molecule has 0 saturated carbocycles. The van der Waals surface area contributed by atoms with Crippen molar-refractivity contribution in [1.29, 1.82) is 0 Å². The molecule has 6 heterocycles. The van der Waals surface area contributed by atoms with Gasteiger partial charge in [0.25, 0.3) is 6.71 Å². The molecule has 314 valence electrons. The smallest absolute Gasteiger partial charge is 0.256 e. The van der Waals surface area contributed by atoms with Gasteiger partial charge in [-0.3, -0.25) is 0 Å². The largest absolute Gasteiger partial charge is 0.303 e. The Morgan fingerprint density at radius 3 is 1.28 bits per heavy atom. The normalized spacial score (nSPS) is 13.6. The van der Waals surface area contributed by atoms with Crippen LogP contribution in [0.15, 0.2) is 164 Å². The minimum absolute atomic E-state index is 0.00362. The maximum absolute atomic E-state index is 2.61. The van der Waals surface area contributed by atoms with Crippen LogP contribution < -0.4 is 26.2 Å². The van der Waals surface area contributed by atoms with E-state index in [1.807, 2.05) is 45.3 Å². The fraction of sp³-hybridized carbons (Fsp3) is 0.138. The van der Waals surface area contributed by atoms with E-state index >= 15 is 0 Å². The monoisotopic (exact) mass is 908 g/mol. The maximum atomic E-state index is 2.61. The van der Waals surface area contributed by atoms with E-state index in [4.69, 9.17) is 0 Å². The molecule has 0 amide bonds. The van der Waals surface area contributed by atoms with Crippen molar-refractivity contribution >= 4 is 142 Å². The molecule has 0 saturated heterocycles. The third kappa shape index (κ3) is 6.16. The van der Waals surface area contributed by atoms with E-state index < -0.39 is 0 Å². The van der Waals surface area contributed by atoms with Gasteiger partial charge in [-0.15, -0.1) is 45.3 Å². The number of anilines is 6. The van der Waals surface area contributed by atoms with Crippen molar-refractivity contribution in [1.82, 2.24) is 0 Å². The fourth-order valence-electron chi connectivity index (χ4n) is 10.3. The van der Waals surface area contributed by atoms with E-state index in [9.17, 15) is 0 Å². The van der Waals surface area contributed by atoms with Crippen LogP contribution in [0.4, 0.5) is 32.8 Å². The molecule has 7 heteroatoms. The molecule has 0 unspecified atom stereocenters. The highest BCUT2D eigenvalue weighted by Gasteiger charge is 2.47. The van der Waals surface area contributed by atoms with Gasteiger partial charge in [0.15, 0.2) is 0 Å². The van der Waals surface area contributed by atoms with E-state index in [1.54, 1.807) is 0 Å². The zero-order chi connectivity index (χ0) is 43.9. The molecule has 11 aromatic rings. The summed E-state index contributed by atoms with van der Waals surface area (Å²) in [6.45, 7) is 14.1. The van der Waals surface area contributed by atoms with E-state index in [0.29, 0.717) is 0 Å². The summed E-state index contributed by atoms with van der Waals surface area (Å²) in [6.07, 6.45) is 0. The van der Waals surface area contributed by atoms with Gasteiger partial charge in [-0.2, -0.15) is 0 Å². The number of benzene rings is 7. The van der Waals surface area contributed by atoms with Crippen LogP contribution >= 0.6 is 45.3 Å². The van der Waals surface area contributed by atoms with Crippen LogP contribution in [0.5, 0.6) is 0 Å². The number of thiophene rings is 4. The van der Waals surface area contributed by atoms with Gasteiger partial charge in [0.1, 0.15) is 0 Å². The van der Waals surface area contributed by atoms with Gasteiger partial charge in [-0.05, 0) is 144 Å². The standard InChI is InChI=1S/C58H45BN2S4/c1-57(2,3)38-24-26-48-42(32-38)52-55(64-48)60(40-18-11-16-34(28-40)50-30-36-14-7-9-22-46(36)62-50)44-20-13-21-45-54(44)59(52)53-43-33-39(58(4,5)6)25-27-49(43)65-56(53)61(45)41-19-12-17-35(29-41)51-31-37-15-8-10-23-47(37)63-51/h7-33H,1-6H3. The third-order valence-electron chi connectivity index (χ3n) is 13.6. The molecular weight excluding hydrogens is 864 g/mol. The molecule has 0 atom stereocenters. The first kappa shape index (κ1) is 39.4. The summed E-state index contributed by atoms with van der Waals surface area (Å²) in [5.74, 6) is 0. The van der Waals surface area contributed by atoms with Crippen molar-refractivity contribution in [2.24, 2.45) is 0 Å². The fourth-order valence-corrected chi connectivity index (χ4v) is 14.9. The summed E-state index contributed by atoms with van der Waals surface area (Å²) < 4.78 is 5.30. The predicted octanol–water partition coefficient (Wildman–Crippen LogP) is 16.6. The molecule has 0 fully saturated rings. The Labute approximate surface area is 396 Å². The Kier molecular flexibility index (Phi) is 8.65. The predicted molar refractivity (Wildman–Crippen MR) is 290 cm³/mol. The van der Waals surface area contributed by atoms with Crippen molar-refractivity contribution in [3.8, 4) is 20.9 Å². The van der Waals surface area contributed by atoms with E-state index in [-0.39, 0.29) is 17.5 Å². The first-order valence-electron chi connectivity index (χ1n) is 22.5. The van der Waals surface area contributed by atoms with Gasteiger partial charge in [0.2, 0.25) is 0 Å². The van der Waals surface area contributed by atoms with Gasteiger partial charge in [0.05, 0.1) is 10.0 Å². The Morgan fingerprint density at radius 1 is 0.385 bits per heavy atom. The molecular formula is C58H45BN2S4. The highest BCUT2D eigenvalue weighted by Crippen LogP contribution is 2.51. The van der Waals surface area contributed by atoms with Gasteiger partial charge in [-0.1, -0.05) is 133 Å². The summed E-state index contributed by atoms with van der Waals surface area (Å²) in [5.41, 5.74) is 14.3. The minimum Gasteiger partial charge on any atom is -0.303 e. The van der Waals surface area contributed by atoms with Crippen molar-refractivity contribution in [3.05, 3.63) is 175 Å². The van der Waals surface area contributed by atoms with E-state index in [2.05, 4.69) is 215 Å². The molecule has 13 rings (SSSR count). The van der Waals surface area contributed by atoms with Crippen LogP contribution in [0.2, 0.25) is 0 Å². The molecule has 4 aromatic heterocycles. The average Bonchev–Trinajstić information content (AvgIpc) is 4.11. The van der Waals surface area contributed by atoms with E-state index in [1.165, 1.54) is 121 Å². The molecule has 2 nitrogen and oxygen atoms in total. The lowest BCUT2D eigenvalue weighted by Crippen LogP contribution is -2.60. The molecule has 2 aliphatic rings. The molecule has 0 radical (unpaired) electrons. The molecule has 0 bridgehead atoms. The van der Waals surface area contributed by atoms with Crippen molar-refractivity contribution in [2.75, 3.05) is 9.80 Å². The number of hydrogen-bond acceptors (Lipinski definition) is 6. The summed E-state index contributed by atoms with van der Waals surface area (Å²) >= 11 is 7.65. The first-order chi connectivity index (χ1) is 31.5. The van der Waals surface area contributed by atoms with Gasteiger partial charge >= 0.3 is 0 Å². The second kappa shape index (κ2) is 14.3. The molecule has 0 spiro atoms. The minimum atomic E-state index is 0.00362. The van der Waals surface area contributed by atoms with Gasteiger partial charge in [0, 0.05) is 51.3 Å². The lowest BCUT2D eigenvalue weighted by molar-refractivity contribution is 0.591. The average molecular weight is 909 g/mol. The summed E-state index contributed by atoms with van der Waals surface area (Å²) in [6, 6.07) is 62.4. The van der Waals surface area contributed by atoms with Crippen LogP contribution in [0.25, 0.3) is 61.2 Å². The number of fused-ring (bicyclic) bond motifs is 10. The van der Waals surface area contributed by atoms with Crippen LogP contribution in [0.3, 0.4) is 0 Å². The SMILES string of the molecule is CC(C)(C)c1ccc2sc3c(c2c1)B1c2c(cccc2N(c2cccc(-c4cc5ccccc5s4)c2)c2sc4ccc(C(C)(C)C)cc4c21)N3c1cccc(-c2cc3ccccc3s2)c1. The Hall–Kier alpha value is -5.96. The first-order valence-corrected chi connectivity index (χ1v) is 25.8. The van der Waals surface area contributed by atoms with Crippen LogP contribution in [-0.4, -0.2) is 6.71 Å². The summed E-state index contributed by atoms with van der Waals surface area (Å²) in [7, 11) is 0. The lowest BCUT2D eigenvalue weighted by Gasteiger charge is -2.42. The van der Waals surface area contributed by atoms with Gasteiger partial charge < -0.3 is 9.80 Å². The van der Waals surface area contributed by atoms with Crippen LogP contribution in [-0.2, 0) is 10.8 Å². The topological polar surface area (TPSA) is 6.48 Å².